The van der Waals surface area contributed by atoms with Crippen LogP contribution in [-0.4, -0.2) is 56.3 Å². The standard InChI is InChI=1S/C32H31FN4O7S/c1-37-16-20-13-21(6-10-28(20)45(41,42)23-7-8-23)36-32(40)44-17-26(33)24-9-4-19(14-27(24)43-2)29(31(37)39)35-22-5-3-18-11-12-34-30(38)25(18)15-22/h3-6,9-15,23,26,29,35H,7-8,16-17H2,1-2H3,(H,34,38)(H,36,40)/t26-,29?/m0/s1. The lowest BCUT2D eigenvalue weighted by Gasteiger charge is -2.27. The van der Waals surface area contributed by atoms with Crippen molar-refractivity contribution in [3.05, 3.63) is 93.9 Å². The molecule has 45 heavy (non-hydrogen) atoms. The number of rotatable bonds is 5. The average molecular weight is 635 g/mol. The number of ether oxygens (including phenoxy) is 2. The van der Waals surface area contributed by atoms with Crippen molar-refractivity contribution in [3.8, 4) is 5.75 Å². The van der Waals surface area contributed by atoms with Crippen LogP contribution in [0.4, 0.5) is 20.6 Å². The summed E-state index contributed by atoms with van der Waals surface area (Å²) in [7, 11) is -0.773. The van der Waals surface area contributed by atoms with Crippen LogP contribution in [0.3, 0.4) is 0 Å². The molecule has 13 heteroatoms. The van der Waals surface area contributed by atoms with Crippen molar-refractivity contribution in [3.63, 3.8) is 0 Å². The van der Waals surface area contributed by atoms with Crippen LogP contribution in [0.2, 0.25) is 0 Å². The maximum atomic E-state index is 15.3. The van der Waals surface area contributed by atoms with Crippen LogP contribution >= 0.6 is 0 Å². The number of carbonyl (C=O) groups excluding carboxylic acids is 2. The topological polar surface area (TPSA) is 147 Å². The molecule has 1 aromatic heterocycles. The van der Waals surface area contributed by atoms with Gasteiger partial charge in [-0.2, -0.15) is 0 Å². The first-order chi connectivity index (χ1) is 21.5. The second-order valence-corrected chi connectivity index (χ2v) is 13.3. The number of likely N-dealkylation sites (N-methyl/N-ethyl adjacent to an activating group) is 1. The molecule has 3 N–H and O–H groups in total. The molecule has 4 aromatic rings. The van der Waals surface area contributed by atoms with Gasteiger partial charge in [0, 0.05) is 42.1 Å². The van der Waals surface area contributed by atoms with E-state index in [0.29, 0.717) is 40.4 Å². The summed E-state index contributed by atoms with van der Waals surface area (Å²) in [4.78, 5) is 43.3. The van der Waals surface area contributed by atoms with E-state index in [-0.39, 0.29) is 34.0 Å². The third kappa shape index (κ3) is 6.07. The Hall–Kier alpha value is -4.91. The number of pyridine rings is 1. The second-order valence-electron chi connectivity index (χ2n) is 11.1. The number of aromatic amines is 1. The molecule has 3 aromatic carbocycles. The summed E-state index contributed by atoms with van der Waals surface area (Å²) in [5.74, 6) is -0.306. The number of hydrogen-bond acceptors (Lipinski definition) is 8. The van der Waals surface area contributed by atoms with E-state index in [1.165, 1.54) is 49.4 Å². The maximum absolute atomic E-state index is 15.3. The summed E-state index contributed by atoms with van der Waals surface area (Å²) in [5.41, 5.74) is 1.25. The van der Waals surface area contributed by atoms with E-state index in [1.807, 2.05) is 0 Å². The minimum Gasteiger partial charge on any atom is -0.496 e. The zero-order valence-electron chi connectivity index (χ0n) is 24.5. The zero-order chi connectivity index (χ0) is 31.9. The van der Waals surface area contributed by atoms with Crippen molar-refractivity contribution >= 4 is 44.0 Å². The maximum Gasteiger partial charge on any atom is 0.411 e. The number of nitrogens with zero attached hydrogens (tertiary/aromatic N) is 1. The molecule has 0 radical (unpaired) electrons. The van der Waals surface area contributed by atoms with E-state index in [0.717, 1.165) is 0 Å². The Morgan fingerprint density at radius 3 is 2.58 bits per heavy atom. The third-order valence-corrected chi connectivity index (χ3v) is 10.3. The van der Waals surface area contributed by atoms with Crippen LogP contribution in [0.15, 0.2) is 76.6 Å². The van der Waals surface area contributed by atoms with Crippen molar-refractivity contribution in [2.45, 2.75) is 41.7 Å². The number of halogens is 1. The highest BCUT2D eigenvalue weighted by Crippen LogP contribution is 2.37. The van der Waals surface area contributed by atoms with Crippen LogP contribution in [0.5, 0.6) is 5.75 Å². The predicted octanol–water partition coefficient (Wildman–Crippen LogP) is 4.86. The molecular formula is C32H31FN4O7S. The smallest absolute Gasteiger partial charge is 0.411 e. The monoisotopic (exact) mass is 634 g/mol. The van der Waals surface area contributed by atoms with E-state index >= 15 is 4.39 Å². The van der Waals surface area contributed by atoms with Crippen LogP contribution in [0.25, 0.3) is 10.8 Å². The molecule has 2 atom stereocenters. The second kappa shape index (κ2) is 11.9. The Kier molecular flexibility index (Phi) is 7.96. The normalized spacial score (nSPS) is 19.2. The zero-order valence-corrected chi connectivity index (χ0v) is 25.3. The molecule has 0 spiro atoms. The molecule has 0 saturated heterocycles. The number of carbonyl (C=O) groups is 2. The van der Waals surface area contributed by atoms with Crippen molar-refractivity contribution < 1.29 is 31.9 Å². The first-order valence-electron chi connectivity index (χ1n) is 14.3. The number of fused-ring (bicyclic) bond motifs is 10. The molecule has 11 nitrogen and oxygen atoms in total. The fraction of sp³-hybridized carbons (Fsp3) is 0.281. The number of amides is 2. The molecule has 1 aliphatic carbocycles. The lowest BCUT2D eigenvalue weighted by Crippen LogP contribution is -2.35. The van der Waals surface area contributed by atoms with Gasteiger partial charge in [0.1, 0.15) is 18.4 Å². The lowest BCUT2D eigenvalue weighted by atomic mass is 9.99. The number of anilines is 2. The highest BCUT2D eigenvalue weighted by Gasteiger charge is 2.38. The number of methoxy groups -OCH3 is 1. The molecule has 234 valence electrons. The van der Waals surface area contributed by atoms with E-state index in [4.69, 9.17) is 9.47 Å². The van der Waals surface area contributed by atoms with Gasteiger partial charge in [0.25, 0.3) is 5.56 Å². The average Bonchev–Trinajstić information content (AvgIpc) is 3.88. The number of sulfone groups is 1. The first-order valence-corrected chi connectivity index (χ1v) is 15.9. The molecule has 1 saturated carbocycles. The first kappa shape index (κ1) is 30.1. The van der Waals surface area contributed by atoms with Gasteiger partial charge in [-0.05, 0) is 71.8 Å². The number of nitrogens with one attached hydrogen (secondary N) is 3. The molecule has 1 unspecified atom stereocenters. The van der Waals surface area contributed by atoms with Gasteiger partial charge in [-0.25, -0.2) is 17.6 Å². The van der Waals surface area contributed by atoms with E-state index < -0.39 is 45.9 Å². The molecular weight excluding hydrogens is 603 g/mol. The Bertz CT molecular complexity index is 1980. The largest absolute Gasteiger partial charge is 0.496 e. The molecule has 4 bridgehead atoms. The fourth-order valence-corrected chi connectivity index (χ4v) is 7.32. The summed E-state index contributed by atoms with van der Waals surface area (Å²) in [5, 5.41) is 6.36. The number of H-pyrrole nitrogens is 1. The van der Waals surface area contributed by atoms with E-state index in [1.54, 1.807) is 36.5 Å². The summed E-state index contributed by atoms with van der Waals surface area (Å²) >= 11 is 0. The number of aromatic nitrogens is 1. The highest BCUT2D eigenvalue weighted by molar-refractivity contribution is 7.92. The van der Waals surface area contributed by atoms with Crippen molar-refractivity contribution in [1.29, 1.82) is 0 Å². The summed E-state index contributed by atoms with van der Waals surface area (Å²) in [6.07, 6.45) is -0.0248. The lowest BCUT2D eigenvalue weighted by molar-refractivity contribution is -0.131. The van der Waals surface area contributed by atoms with Gasteiger partial charge in [0.2, 0.25) is 5.91 Å². The van der Waals surface area contributed by atoms with Crippen molar-refractivity contribution in [2.75, 3.05) is 31.4 Å². The predicted molar refractivity (Wildman–Crippen MR) is 166 cm³/mol. The molecule has 7 rings (SSSR count). The van der Waals surface area contributed by atoms with Crippen molar-refractivity contribution in [1.82, 2.24) is 9.88 Å². The van der Waals surface area contributed by atoms with Gasteiger partial charge >= 0.3 is 6.09 Å². The van der Waals surface area contributed by atoms with Gasteiger partial charge < -0.3 is 24.7 Å². The molecule has 3 heterocycles. The van der Waals surface area contributed by atoms with Gasteiger partial charge in [-0.3, -0.25) is 14.9 Å². The molecule has 2 amide bonds. The third-order valence-electron chi connectivity index (χ3n) is 7.98. The Balaban J connectivity index is 1.45. The molecule has 2 aliphatic heterocycles. The van der Waals surface area contributed by atoms with E-state index in [9.17, 15) is 22.8 Å². The van der Waals surface area contributed by atoms with Crippen LogP contribution in [0.1, 0.15) is 41.7 Å². The number of benzene rings is 3. The van der Waals surface area contributed by atoms with Gasteiger partial charge in [-0.15, -0.1) is 0 Å². The highest BCUT2D eigenvalue weighted by atomic mass is 32.2. The summed E-state index contributed by atoms with van der Waals surface area (Å²) < 4.78 is 52.6. The minimum atomic E-state index is -3.67. The van der Waals surface area contributed by atoms with Gasteiger partial charge in [0.05, 0.1) is 17.3 Å². The van der Waals surface area contributed by atoms with Crippen LogP contribution in [-0.2, 0) is 25.9 Å². The molecule has 3 aliphatic rings. The SMILES string of the molecule is COc1cc2ccc1[C@@H](F)COC(=O)Nc1ccc(S(=O)(=O)C3CC3)c(c1)CN(C)C(=O)C2Nc1ccc2cc[nH]c(=O)c2c1. The van der Waals surface area contributed by atoms with E-state index in [2.05, 4.69) is 15.6 Å². The Labute approximate surface area is 258 Å². The summed E-state index contributed by atoms with van der Waals surface area (Å²) in [6.45, 7) is -0.723. The Morgan fingerprint density at radius 2 is 1.82 bits per heavy atom. The van der Waals surface area contributed by atoms with Crippen LogP contribution < -0.4 is 20.9 Å². The van der Waals surface area contributed by atoms with Crippen LogP contribution in [0, 0.1) is 0 Å². The number of alkyl halides is 1. The fourth-order valence-electron chi connectivity index (χ4n) is 5.46. The van der Waals surface area contributed by atoms with Crippen molar-refractivity contribution in [2.24, 2.45) is 0 Å². The number of hydrogen-bond donors (Lipinski definition) is 3. The summed E-state index contributed by atoms with van der Waals surface area (Å²) in [6, 6.07) is 14.7. The molecule has 1 fully saturated rings. The minimum absolute atomic E-state index is 0.0674. The Morgan fingerprint density at radius 1 is 1.02 bits per heavy atom. The van der Waals surface area contributed by atoms with Gasteiger partial charge in [-0.1, -0.05) is 18.2 Å². The van der Waals surface area contributed by atoms with Gasteiger partial charge in [0.15, 0.2) is 16.0 Å². The quantitative estimate of drug-likeness (QED) is 0.282.